The zero-order valence-electron chi connectivity index (χ0n) is 12.6. The van der Waals surface area contributed by atoms with Crippen molar-refractivity contribution in [3.63, 3.8) is 0 Å². The van der Waals surface area contributed by atoms with Crippen LogP contribution in [0.15, 0.2) is 36.5 Å². The molecule has 0 aliphatic heterocycles. The molecule has 0 bridgehead atoms. The molecule has 0 saturated heterocycles. The van der Waals surface area contributed by atoms with Crippen molar-refractivity contribution in [1.29, 1.82) is 0 Å². The Morgan fingerprint density at radius 2 is 2.00 bits per heavy atom. The molecule has 2 aromatic heterocycles. The quantitative estimate of drug-likeness (QED) is 0.744. The Morgan fingerprint density at radius 3 is 2.67 bits per heavy atom. The molecule has 3 aromatic rings. The molecule has 0 amide bonds. The number of rotatable bonds is 4. The molecule has 0 aliphatic carbocycles. The van der Waals surface area contributed by atoms with Gasteiger partial charge in [-0.1, -0.05) is 18.2 Å². The first kappa shape index (κ1) is 15.7. The molecule has 0 spiro atoms. The van der Waals surface area contributed by atoms with Gasteiger partial charge in [-0.25, -0.2) is 9.37 Å². The number of nitrogens with zero attached hydrogens (tertiary/aromatic N) is 4. The first-order chi connectivity index (χ1) is 11.5. The number of aromatic nitrogens is 4. The average molecular weight is 330 g/mol. The molecule has 6 nitrogen and oxygen atoms in total. The van der Waals surface area contributed by atoms with E-state index < -0.39 is 17.5 Å². The minimum atomic E-state index is -0.962. The van der Waals surface area contributed by atoms with Gasteiger partial charge in [0.05, 0.1) is 12.7 Å². The van der Waals surface area contributed by atoms with E-state index in [9.17, 15) is 18.7 Å². The van der Waals surface area contributed by atoms with E-state index in [0.717, 1.165) is 6.20 Å². The van der Waals surface area contributed by atoms with Crippen LogP contribution in [0.1, 0.15) is 23.0 Å². The summed E-state index contributed by atoms with van der Waals surface area (Å²) in [4.78, 5) is 19.1. The summed E-state index contributed by atoms with van der Waals surface area (Å²) in [7, 11) is 0. The van der Waals surface area contributed by atoms with Gasteiger partial charge in [-0.2, -0.15) is 14.5 Å². The lowest BCUT2D eigenvalue weighted by molar-refractivity contribution is 0.100. The van der Waals surface area contributed by atoms with Crippen LogP contribution >= 0.6 is 0 Å². The fourth-order valence-corrected chi connectivity index (χ4v) is 2.20. The van der Waals surface area contributed by atoms with Crippen molar-refractivity contribution in [2.45, 2.75) is 13.5 Å². The largest absolute Gasteiger partial charge is 0.491 e. The normalized spacial score (nSPS) is 10.8. The lowest BCUT2D eigenvalue weighted by Crippen LogP contribution is -2.10. The van der Waals surface area contributed by atoms with Crippen molar-refractivity contribution in [1.82, 2.24) is 19.7 Å². The second-order valence-corrected chi connectivity index (χ2v) is 5.09. The van der Waals surface area contributed by atoms with Crippen LogP contribution in [0.3, 0.4) is 0 Å². The van der Waals surface area contributed by atoms with E-state index in [4.69, 9.17) is 0 Å². The predicted molar refractivity (Wildman–Crippen MR) is 80.4 cm³/mol. The van der Waals surface area contributed by atoms with Crippen molar-refractivity contribution in [3.8, 4) is 17.4 Å². The molecule has 2 heterocycles. The molecule has 8 heteroatoms. The molecule has 24 heavy (non-hydrogen) atoms. The number of benzene rings is 1. The Labute approximate surface area is 135 Å². The van der Waals surface area contributed by atoms with Crippen LogP contribution in [-0.2, 0) is 6.54 Å². The number of aromatic hydroxyl groups is 1. The Bertz CT molecular complexity index is 924. The summed E-state index contributed by atoms with van der Waals surface area (Å²) in [5.41, 5.74) is 0.755. The maximum atomic E-state index is 13.8. The highest BCUT2D eigenvalue weighted by Crippen LogP contribution is 2.20. The SMILES string of the molecule is CC(=O)c1cc(-c2ncc(F)c(O)n2)nn1Cc1ccccc1F. The van der Waals surface area contributed by atoms with Crippen molar-refractivity contribution in [2.75, 3.05) is 0 Å². The first-order valence-electron chi connectivity index (χ1n) is 7.00. The van der Waals surface area contributed by atoms with Gasteiger partial charge in [0, 0.05) is 12.5 Å². The van der Waals surface area contributed by atoms with E-state index in [-0.39, 0.29) is 29.5 Å². The highest BCUT2D eigenvalue weighted by Gasteiger charge is 2.17. The molecule has 122 valence electrons. The minimum absolute atomic E-state index is 0.0365. The Morgan fingerprint density at radius 1 is 1.25 bits per heavy atom. The molecular formula is C16H12F2N4O2. The third-order valence-electron chi connectivity index (χ3n) is 3.37. The summed E-state index contributed by atoms with van der Waals surface area (Å²) < 4.78 is 28.2. The van der Waals surface area contributed by atoms with E-state index in [2.05, 4.69) is 15.1 Å². The number of Topliss-reactive ketones (excluding diaryl/α,β-unsaturated/α-hetero) is 1. The van der Waals surface area contributed by atoms with Crippen LogP contribution in [0.2, 0.25) is 0 Å². The van der Waals surface area contributed by atoms with Gasteiger partial charge >= 0.3 is 0 Å². The molecule has 0 unspecified atom stereocenters. The van der Waals surface area contributed by atoms with Crippen LogP contribution in [-0.4, -0.2) is 30.6 Å². The van der Waals surface area contributed by atoms with Gasteiger partial charge in [0.25, 0.3) is 5.88 Å². The van der Waals surface area contributed by atoms with Crippen LogP contribution < -0.4 is 0 Å². The third kappa shape index (κ3) is 2.98. The Balaban J connectivity index is 2.03. The maximum Gasteiger partial charge on any atom is 0.251 e. The van der Waals surface area contributed by atoms with Gasteiger partial charge in [0.15, 0.2) is 11.6 Å². The fourth-order valence-electron chi connectivity index (χ4n) is 2.20. The molecule has 3 rings (SSSR count). The monoisotopic (exact) mass is 330 g/mol. The molecule has 1 aromatic carbocycles. The average Bonchev–Trinajstić information content (AvgIpc) is 2.96. The topological polar surface area (TPSA) is 80.9 Å². The Kier molecular flexibility index (Phi) is 4.03. The van der Waals surface area contributed by atoms with Crippen molar-refractivity contribution < 1.29 is 18.7 Å². The summed E-state index contributed by atoms with van der Waals surface area (Å²) in [5.74, 6) is -2.51. The maximum absolute atomic E-state index is 13.8. The summed E-state index contributed by atoms with van der Waals surface area (Å²) in [6.07, 6.45) is 0.807. The fraction of sp³-hybridized carbons (Fsp3) is 0.125. The minimum Gasteiger partial charge on any atom is -0.491 e. The van der Waals surface area contributed by atoms with Crippen LogP contribution in [0, 0.1) is 11.6 Å². The van der Waals surface area contributed by atoms with Gasteiger partial charge in [-0.3, -0.25) is 9.48 Å². The number of ketones is 1. The summed E-state index contributed by atoms with van der Waals surface area (Å²) >= 11 is 0. The summed E-state index contributed by atoms with van der Waals surface area (Å²) in [5, 5.41) is 13.5. The number of carbonyl (C=O) groups excluding carboxylic acids is 1. The van der Waals surface area contributed by atoms with Crippen molar-refractivity contribution >= 4 is 5.78 Å². The zero-order valence-corrected chi connectivity index (χ0v) is 12.6. The molecule has 1 N–H and O–H groups in total. The molecule has 0 fully saturated rings. The highest BCUT2D eigenvalue weighted by molar-refractivity contribution is 5.93. The van der Waals surface area contributed by atoms with E-state index in [1.54, 1.807) is 18.2 Å². The number of carbonyl (C=O) groups is 1. The van der Waals surface area contributed by atoms with Crippen LogP contribution in [0.4, 0.5) is 8.78 Å². The molecule has 0 aliphatic rings. The van der Waals surface area contributed by atoms with Gasteiger partial charge < -0.3 is 5.11 Å². The summed E-state index contributed by atoms with van der Waals surface area (Å²) in [6.45, 7) is 1.39. The van der Waals surface area contributed by atoms with Gasteiger partial charge in [0.2, 0.25) is 5.82 Å². The number of halogens is 2. The van der Waals surface area contributed by atoms with Gasteiger partial charge in [-0.05, 0) is 12.1 Å². The number of hydrogen-bond acceptors (Lipinski definition) is 5. The van der Waals surface area contributed by atoms with Gasteiger partial charge in [0.1, 0.15) is 17.2 Å². The second-order valence-electron chi connectivity index (χ2n) is 5.09. The predicted octanol–water partition coefficient (Wildman–Crippen LogP) is 2.57. The van der Waals surface area contributed by atoms with E-state index in [1.165, 1.54) is 23.7 Å². The lowest BCUT2D eigenvalue weighted by atomic mass is 10.2. The van der Waals surface area contributed by atoms with E-state index in [0.29, 0.717) is 5.56 Å². The molecule has 0 saturated carbocycles. The smallest absolute Gasteiger partial charge is 0.251 e. The van der Waals surface area contributed by atoms with Crippen LogP contribution in [0.25, 0.3) is 11.5 Å². The molecular weight excluding hydrogens is 318 g/mol. The van der Waals surface area contributed by atoms with Gasteiger partial charge in [-0.15, -0.1) is 0 Å². The van der Waals surface area contributed by atoms with E-state index >= 15 is 0 Å². The summed E-state index contributed by atoms with van der Waals surface area (Å²) in [6, 6.07) is 7.55. The van der Waals surface area contributed by atoms with Crippen molar-refractivity contribution in [3.05, 3.63) is 59.4 Å². The Hall–Kier alpha value is -3.16. The first-order valence-corrected chi connectivity index (χ1v) is 7.00. The van der Waals surface area contributed by atoms with E-state index in [1.807, 2.05) is 0 Å². The lowest BCUT2D eigenvalue weighted by Gasteiger charge is -2.06. The second kappa shape index (κ2) is 6.15. The third-order valence-corrected chi connectivity index (χ3v) is 3.37. The highest BCUT2D eigenvalue weighted by atomic mass is 19.1. The van der Waals surface area contributed by atoms with Crippen LogP contribution in [0.5, 0.6) is 5.88 Å². The molecule has 0 atom stereocenters. The molecule has 0 radical (unpaired) electrons. The zero-order chi connectivity index (χ0) is 17.3. The van der Waals surface area contributed by atoms with Crippen molar-refractivity contribution in [2.24, 2.45) is 0 Å². The standard InChI is InChI=1S/C16H12F2N4O2/c1-9(23)14-6-13(15-19-7-12(18)16(24)20-15)21-22(14)8-10-4-2-3-5-11(10)17/h2-7H,8H2,1H3,(H,19,20,24). The number of hydrogen-bond donors (Lipinski definition) is 1.